The van der Waals surface area contributed by atoms with Crippen LogP contribution >= 0.6 is 15.9 Å². The maximum atomic E-state index is 9.39. The van der Waals surface area contributed by atoms with Crippen LogP contribution in [0.5, 0.6) is 0 Å². The van der Waals surface area contributed by atoms with Gasteiger partial charge in [-0.05, 0) is 29.8 Å². The van der Waals surface area contributed by atoms with Crippen molar-refractivity contribution in [2.45, 2.75) is 6.54 Å². The zero-order valence-corrected chi connectivity index (χ0v) is 15.6. The minimum Gasteiger partial charge on any atom is -0.459 e. The van der Waals surface area contributed by atoms with Crippen LogP contribution in [0.3, 0.4) is 0 Å². The molecule has 4 rings (SSSR count). The van der Waals surface area contributed by atoms with Gasteiger partial charge in [-0.2, -0.15) is 10.2 Å². The van der Waals surface area contributed by atoms with Gasteiger partial charge in [0, 0.05) is 37.2 Å². The summed E-state index contributed by atoms with van der Waals surface area (Å²) in [6, 6.07) is 14.1. The monoisotopic (exact) mass is 412 g/mol. The third-order valence-electron chi connectivity index (χ3n) is 4.43. The first-order chi connectivity index (χ1) is 12.7. The summed E-state index contributed by atoms with van der Waals surface area (Å²) in [6.45, 7) is 4.30. The molecule has 1 fully saturated rings. The molecule has 0 saturated carbocycles. The van der Waals surface area contributed by atoms with Gasteiger partial charge in [0.05, 0.1) is 6.26 Å². The van der Waals surface area contributed by atoms with E-state index in [-0.39, 0.29) is 0 Å². The zero-order chi connectivity index (χ0) is 17.9. The summed E-state index contributed by atoms with van der Waals surface area (Å²) in [5, 5.41) is 9.39. The molecule has 0 aliphatic carbocycles. The molecule has 1 aliphatic heterocycles. The van der Waals surface area contributed by atoms with E-state index in [0.717, 1.165) is 37.2 Å². The van der Waals surface area contributed by atoms with Crippen molar-refractivity contribution in [1.82, 2.24) is 9.88 Å². The van der Waals surface area contributed by atoms with Crippen LogP contribution < -0.4 is 4.90 Å². The van der Waals surface area contributed by atoms with Gasteiger partial charge in [0.1, 0.15) is 6.07 Å². The number of nitriles is 1. The fourth-order valence-corrected chi connectivity index (χ4v) is 3.33. The van der Waals surface area contributed by atoms with Crippen molar-refractivity contribution >= 4 is 21.8 Å². The molecule has 3 aromatic rings. The third kappa shape index (κ3) is 3.52. The van der Waals surface area contributed by atoms with Crippen LogP contribution in [0.4, 0.5) is 5.88 Å². The highest BCUT2D eigenvalue weighted by Gasteiger charge is 2.25. The number of benzene rings is 1. The van der Waals surface area contributed by atoms with E-state index in [0.29, 0.717) is 23.2 Å². The van der Waals surface area contributed by atoms with Gasteiger partial charge in [-0.25, -0.2) is 0 Å². The third-order valence-corrected chi connectivity index (χ3v) is 4.95. The van der Waals surface area contributed by atoms with Crippen LogP contribution in [0, 0.1) is 11.3 Å². The number of halogens is 1. The van der Waals surface area contributed by atoms with E-state index < -0.39 is 0 Å². The van der Waals surface area contributed by atoms with Crippen LogP contribution in [0.15, 0.2) is 56.0 Å². The van der Waals surface area contributed by atoms with Gasteiger partial charge < -0.3 is 13.7 Å². The average molecular weight is 413 g/mol. The topological polar surface area (TPSA) is 69.4 Å². The molecular formula is C19H17BrN4O2. The predicted molar refractivity (Wildman–Crippen MR) is 101 cm³/mol. The summed E-state index contributed by atoms with van der Waals surface area (Å²) in [7, 11) is 0. The smallest absolute Gasteiger partial charge is 0.266 e. The van der Waals surface area contributed by atoms with Gasteiger partial charge in [0.15, 0.2) is 5.76 Å². The highest BCUT2D eigenvalue weighted by Crippen LogP contribution is 2.29. The predicted octanol–water partition coefficient (Wildman–Crippen LogP) is 3.89. The fraction of sp³-hybridized carbons (Fsp3) is 0.263. The Morgan fingerprint density at radius 2 is 1.88 bits per heavy atom. The summed E-state index contributed by atoms with van der Waals surface area (Å²) in [5.41, 5.74) is 1.59. The Morgan fingerprint density at radius 1 is 1.12 bits per heavy atom. The standard InChI is InChI=1S/C19H17BrN4O2/c20-15-5-3-14(4-6-15)13-23-7-9-24(10-8-23)19-16(12-21)22-18(26-19)17-2-1-11-25-17/h1-6,11H,7-10,13H2. The molecule has 2 aromatic heterocycles. The van der Waals surface area contributed by atoms with E-state index in [1.165, 1.54) is 5.56 Å². The molecule has 1 aromatic carbocycles. The Labute approximate surface area is 159 Å². The van der Waals surface area contributed by atoms with E-state index in [4.69, 9.17) is 8.83 Å². The van der Waals surface area contributed by atoms with Crippen molar-refractivity contribution in [3.63, 3.8) is 0 Å². The highest BCUT2D eigenvalue weighted by molar-refractivity contribution is 9.10. The molecule has 0 spiro atoms. The quantitative estimate of drug-likeness (QED) is 0.647. The van der Waals surface area contributed by atoms with Crippen molar-refractivity contribution in [1.29, 1.82) is 5.26 Å². The number of oxazole rings is 1. The van der Waals surface area contributed by atoms with Crippen molar-refractivity contribution in [2.75, 3.05) is 31.1 Å². The van der Waals surface area contributed by atoms with Crippen molar-refractivity contribution in [2.24, 2.45) is 0 Å². The first-order valence-electron chi connectivity index (χ1n) is 8.39. The second-order valence-corrected chi connectivity index (χ2v) is 7.07. The van der Waals surface area contributed by atoms with Crippen molar-refractivity contribution in [3.8, 4) is 17.7 Å². The number of furan rings is 1. The molecule has 3 heterocycles. The van der Waals surface area contributed by atoms with Crippen LogP contribution in [-0.2, 0) is 6.54 Å². The van der Waals surface area contributed by atoms with E-state index in [2.05, 4.69) is 61.0 Å². The van der Waals surface area contributed by atoms with Crippen LogP contribution in [0.1, 0.15) is 11.3 Å². The highest BCUT2D eigenvalue weighted by atomic mass is 79.9. The maximum Gasteiger partial charge on any atom is 0.266 e. The summed E-state index contributed by atoms with van der Waals surface area (Å²) >= 11 is 3.46. The molecule has 0 N–H and O–H groups in total. The number of nitrogens with zero attached hydrogens (tertiary/aromatic N) is 4. The number of rotatable bonds is 4. The molecule has 1 saturated heterocycles. The number of anilines is 1. The van der Waals surface area contributed by atoms with Gasteiger partial charge in [-0.15, -0.1) is 0 Å². The van der Waals surface area contributed by atoms with Crippen molar-refractivity contribution in [3.05, 3.63) is 58.4 Å². The Morgan fingerprint density at radius 3 is 2.54 bits per heavy atom. The molecule has 0 amide bonds. The van der Waals surface area contributed by atoms with Gasteiger partial charge >= 0.3 is 0 Å². The lowest BCUT2D eigenvalue weighted by atomic mass is 10.2. The molecule has 6 nitrogen and oxygen atoms in total. The molecule has 0 unspecified atom stereocenters. The lowest BCUT2D eigenvalue weighted by Gasteiger charge is -2.34. The Balaban J connectivity index is 1.43. The van der Waals surface area contributed by atoms with Crippen molar-refractivity contribution < 1.29 is 8.83 Å². The van der Waals surface area contributed by atoms with E-state index in [1.54, 1.807) is 18.4 Å². The van der Waals surface area contributed by atoms with Gasteiger partial charge in [-0.1, -0.05) is 28.1 Å². The number of aromatic nitrogens is 1. The van der Waals surface area contributed by atoms with Gasteiger partial charge in [0.25, 0.3) is 5.89 Å². The van der Waals surface area contributed by atoms with E-state index in [1.807, 2.05) is 0 Å². The zero-order valence-electron chi connectivity index (χ0n) is 14.1. The summed E-state index contributed by atoms with van der Waals surface area (Å²) < 4.78 is 12.2. The Hall–Kier alpha value is -2.56. The second-order valence-electron chi connectivity index (χ2n) is 6.15. The lowest BCUT2D eigenvalue weighted by molar-refractivity contribution is 0.246. The minimum atomic E-state index is 0.303. The molecule has 1 aliphatic rings. The maximum absolute atomic E-state index is 9.39. The molecule has 0 radical (unpaired) electrons. The molecular weight excluding hydrogens is 396 g/mol. The largest absolute Gasteiger partial charge is 0.459 e. The first kappa shape index (κ1) is 16.9. The van der Waals surface area contributed by atoms with Crippen LogP contribution in [-0.4, -0.2) is 36.1 Å². The summed E-state index contributed by atoms with van der Waals surface area (Å²) in [4.78, 5) is 8.74. The number of hydrogen-bond acceptors (Lipinski definition) is 6. The number of hydrogen-bond donors (Lipinski definition) is 0. The fourth-order valence-electron chi connectivity index (χ4n) is 3.06. The van der Waals surface area contributed by atoms with Crippen LogP contribution in [0.2, 0.25) is 0 Å². The molecule has 0 bridgehead atoms. The Bertz CT molecular complexity index is 904. The molecule has 26 heavy (non-hydrogen) atoms. The average Bonchev–Trinajstić information content (AvgIpc) is 3.33. The lowest BCUT2D eigenvalue weighted by Crippen LogP contribution is -2.46. The Kier molecular flexibility index (Phi) is 4.78. The van der Waals surface area contributed by atoms with E-state index in [9.17, 15) is 5.26 Å². The minimum absolute atomic E-state index is 0.303. The van der Waals surface area contributed by atoms with Gasteiger partial charge in [-0.3, -0.25) is 4.90 Å². The normalized spacial score (nSPS) is 15.2. The van der Waals surface area contributed by atoms with E-state index >= 15 is 0 Å². The number of piperazine rings is 1. The molecule has 0 atom stereocenters. The summed E-state index contributed by atoms with van der Waals surface area (Å²) in [5.74, 6) is 1.41. The first-order valence-corrected chi connectivity index (χ1v) is 9.19. The molecule has 132 valence electrons. The summed E-state index contributed by atoms with van der Waals surface area (Å²) in [6.07, 6.45) is 1.56. The van der Waals surface area contributed by atoms with Gasteiger partial charge in [0.2, 0.25) is 11.6 Å². The molecule has 7 heteroatoms. The second kappa shape index (κ2) is 7.36. The SMILES string of the molecule is N#Cc1nc(-c2ccco2)oc1N1CCN(Cc2ccc(Br)cc2)CC1. The van der Waals surface area contributed by atoms with Crippen LogP contribution in [0.25, 0.3) is 11.7 Å².